The van der Waals surface area contributed by atoms with E-state index in [0.29, 0.717) is 23.5 Å². The van der Waals surface area contributed by atoms with Gasteiger partial charge in [0.1, 0.15) is 11.6 Å². The summed E-state index contributed by atoms with van der Waals surface area (Å²) in [5.41, 5.74) is 5.40. The summed E-state index contributed by atoms with van der Waals surface area (Å²) >= 11 is 1.34. The number of aliphatic hydroxyl groups is 1. The molecule has 0 radical (unpaired) electrons. The lowest BCUT2D eigenvalue weighted by molar-refractivity contribution is 0.182. The second-order valence-electron chi connectivity index (χ2n) is 4.40. The molecule has 0 heterocycles. The summed E-state index contributed by atoms with van der Waals surface area (Å²) in [6.45, 7) is 1.89. The molecule has 0 aliphatic heterocycles. The van der Waals surface area contributed by atoms with Crippen LogP contribution in [0.3, 0.4) is 0 Å². The third kappa shape index (κ3) is 4.55. The van der Waals surface area contributed by atoms with Crippen LogP contribution in [0.4, 0.5) is 8.78 Å². The zero-order valence-electron chi connectivity index (χ0n) is 10.5. The zero-order valence-corrected chi connectivity index (χ0v) is 11.3. The van der Waals surface area contributed by atoms with Crippen molar-refractivity contribution in [1.82, 2.24) is 0 Å². The zero-order chi connectivity index (χ0) is 13.6. The summed E-state index contributed by atoms with van der Waals surface area (Å²) in [6.07, 6.45) is 2.18. The van der Waals surface area contributed by atoms with Crippen molar-refractivity contribution in [1.29, 1.82) is 0 Å². The number of hydrogen-bond acceptors (Lipinski definition) is 3. The van der Waals surface area contributed by atoms with E-state index in [0.717, 1.165) is 12.5 Å². The van der Waals surface area contributed by atoms with Crippen LogP contribution in [-0.4, -0.2) is 23.0 Å². The molecule has 0 aliphatic carbocycles. The van der Waals surface area contributed by atoms with E-state index < -0.39 is 17.2 Å². The number of nitrogens with two attached hydrogens (primary N) is 1. The molecule has 0 aliphatic rings. The molecule has 1 aromatic rings. The van der Waals surface area contributed by atoms with Gasteiger partial charge in [0.05, 0.1) is 6.61 Å². The first-order valence-electron chi connectivity index (χ1n) is 5.98. The van der Waals surface area contributed by atoms with Gasteiger partial charge in [-0.25, -0.2) is 8.78 Å². The first-order chi connectivity index (χ1) is 8.50. The Kier molecular flexibility index (Phi) is 6.05. The summed E-state index contributed by atoms with van der Waals surface area (Å²) in [4.78, 5) is 0.444. The first-order valence-corrected chi connectivity index (χ1v) is 6.97. The average molecular weight is 275 g/mol. The summed E-state index contributed by atoms with van der Waals surface area (Å²) in [7, 11) is 0. The van der Waals surface area contributed by atoms with Crippen LogP contribution < -0.4 is 5.73 Å². The molecule has 1 atom stereocenters. The molecule has 3 N–H and O–H groups in total. The minimum Gasteiger partial charge on any atom is -0.394 e. The van der Waals surface area contributed by atoms with E-state index in [1.807, 2.05) is 6.92 Å². The molecule has 0 saturated carbocycles. The fraction of sp³-hybridized carbons (Fsp3) is 0.538. The lowest BCUT2D eigenvalue weighted by atomic mass is 9.93. The van der Waals surface area contributed by atoms with Crippen molar-refractivity contribution < 1.29 is 13.9 Å². The molecule has 1 unspecified atom stereocenters. The van der Waals surface area contributed by atoms with Crippen molar-refractivity contribution >= 4 is 11.8 Å². The van der Waals surface area contributed by atoms with Gasteiger partial charge in [0, 0.05) is 16.5 Å². The van der Waals surface area contributed by atoms with E-state index in [-0.39, 0.29) is 6.61 Å². The van der Waals surface area contributed by atoms with Gasteiger partial charge in [-0.3, -0.25) is 0 Å². The molecule has 102 valence electrons. The standard InChI is InChI=1S/C13H19F2NOS/c1-2-13(16,9-17)6-3-7-18-12-5-4-10(14)8-11(12)15/h4-5,8,17H,2-3,6-7,9,16H2,1H3. The van der Waals surface area contributed by atoms with Crippen molar-refractivity contribution in [2.45, 2.75) is 36.6 Å². The van der Waals surface area contributed by atoms with E-state index in [9.17, 15) is 8.78 Å². The van der Waals surface area contributed by atoms with Crippen LogP contribution >= 0.6 is 11.8 Å². The highest BCUT2D eigenvalue weighted by molar-refractivity contribution is 7.99. The van der Waals surface area contributed by atoms with E-state index in [1.165, 1.54) is 23.9 Å². The van der Waals surface area contributed by atoms with Crippen LogP contribution in [0, 0.1) is 11.6 Å². The van der Waals surface area contributed by atoms with Crippen LogP contribution in [0.2, 0.25) is 0 Å². The van der Waals surface area contributed by atoms with Crippen molar-refractivity contribution in [3.63, 3.8) is 0 Å². The van der Waals surface area contributed by atoms with Crippen molar-refractivity contribution in [2.24, 2.45) is 5.73 Å². The highest BCUT2D eigenvalue weighted by Crippen LogP contribution is 2.24. The molecule has 1 aromatic carbocycles. The van der Waals surface area contributed by atoms with Gasteiger partial charge in [0.15, 0.2) is 0 Å². The maximum absolute atomic E-state index is 13.3. The molecule has 1 rings (SSSR count). The molecule has 0 amide bonds. The van der Waals surface area contributed by atoms with Gasteiger partial charge in [0.2, 0.25) is 0 Å². The highest BCUT2D eigenvalue weighted by atomic mass is 32.2. The normalized spacial score (nSPS) is 14.5. The van der Waals surface area contributed by atoms with E-state index >= 15 is 0 Å². The Morgan fingerprint density at radius 3 is 2.67 bits per heavy atom. The van der Waals surface area contributed by atoms with Gasteiger partial charge in [-0.1, -0.05) is 6.92 Å². The monoisotopic (exact) mass is 275 g/mol. The molecule has 2 nitrogen and oxygen atoms in total. The fourth-order valence-corrected chi connectivity index (χ4v) is 2.44. The Morgan fingerprint density at radius 1 is 1.39 bits per heavy atom. The summed E-state index contributed by atoms with van der Waals surface area (Å²) in [6, 6.07) is 3.57. The molecule has 0 fully saturated rings. The number of hydrogen-bond donors (Lipinski definition) is 2. The summed E-state index contributed by atoms with van der Waals surface area (Å²) in [5, 5.41) is 9.14. The highest BCUT2D eigenvalue weighted by Gasteiger charge is 2.20. The fourth-order valence-electron chi connectivity index (χ4n) is 1.57. The largest absolute Gasteiger partial charge is 0.394 e. The number of aliphatic hydroxyl groups excluding tert-OH is 1. The number of rotatable bonds is 7. The van der Waals surface area contributed by atoms with Gasteiger partial charge < -0.3 is 10.8 Å². The lowest BCUT2D eigenvalue weighted by Gasteiger charge is -2.25. The number of benzene rings is 1. The van der Waals surface area contributed by atoms with Crippen LogP contribution in [0.1, 0.15) is 26.2 Å². The quantitative estimate of drug-likeness (QED) is 0.594. The molecule has 0 saturated heterocycles. The Hall–Kier alpha value is -0.650. The van der Waals surface area contributed by atoms with Crippen LogP contribution in [0.25, 0.3) is 0 Å². The smallest absolute Gasteiger partial charge is 0.139 e. The van der Waals surface area contributed by atoms with Gasteiger partial charge in [-0.05, 0) is 37.1 Å². The van der Waals surface area contributed by atoms with Gasteiger partial charge in [-0.2, -0.15) is 0 Å². The average Bonchev–Trinajstić information content (AvgIpc) is 2.36. The van der Waals surface area contributed by atoms with Crippen molar-refractivity contribution in [3.05, 3.63) is 29.8 Å². The van der Waals surface area contributed by atoms with Gasteiger partial charge in [-0.15, -0.1) is 11.8 Å². The SMILES string of the molecule is CCC(N)(CO)CCCSc1ccc(F)cc1F. The second-order valence-corrected chi connectivity index (χ2v) is 5.54. The van der Waals surface area contributed by atoms with E-state index in [4.69, 9.17) is 10.8 Å². The molecule has 0 aromatic heterocycles. The summed E-state index contributed by atoms with van der Waals surface area (Å²) < 4.78 is 26.0. The van der Waals surface area contributed by atoms with Crippen LogP contribution in [0.15, 0.2) is 23.1 Å². The topological polar surface area (TPSA) is 46.2 Å². The van der Waals surface area contributed by atoms with Crippen LogP contribution in [-0.2, 0) is 0 Å². The Morgan fingerprint density at radius 2 is 2.11 bits per heavy atom. The molecule has 0 spiro atoms. The molecule has 5 heteroatoms. The third-order valence-electron chi connectivity index (χ3n) is 2.99. The molecule has 18 heavy (non-hydrogen) atoms. The predicted molar refractivity (Wildman–Crippen MR) is 70.6 cm³/mol. The Bertz CT molecular complexity index is 383. The number of halogens is 2. The minimum atomic E-state index is -0.566. The predicted octanol–water partition coefficient (Wildman–Crippen LogP) is 2.94. The molecule has 0 bridgehead atoms. The van der Waals surface area contributed by atoms with E-state index in [1.54, 1.807) is 0 Å². The molecular weight excluding hydrogens is 256 g/mol. The summed E-state index contributed by atoms with van der Waals surface area (Å²) in [5.74, 6) is -0.401. The van der Waals surface area contributed by atoms with Gasteiger partial charge >= 0.3 is 0 Å². The first kappa shape index (κ1) is 15.4. The maximum atomic E-state index is 13.3. The van der Waals surface area contributed by atoms with Crippen molar-refractivity contribution in [2.75, 3.05) is 12.4 Å². The Balaban J connectivity index is 2.38. The minimum absolute atomic E-state index is 0.0426. The Labute approximate surface area is 111 Å². The van der Waals surface area contributed by atoms with Crippen LogP contribution in [0.5, 0.6) is 0 Å². The van der Waals surface area contributed by atoms with Crippen molar-refractivity contribution in [3.8, 4) is 0 Å². The second kappa shape index (κ2) is 7.07. The molecular formula is C13H19F2NOS. The maximum Gasteiger partial charge on any atom is 0.139 e. The number of thioether (sulfide) groups is 1. The lowest BCUT2D eigenvalue weighted by Crippen LogP contribution is -2.42. The van der Waals surface area contributed by atoms with E-state index in [2.05, 4.69) is 0 Å². The third-order valence-corrected chi connectivity index (χ3v) is 4.12. The van der Waals surface area contributed by atoms with Gasteiger partial charge in [0.25, 0.3) is 0 Å².